The van der Waals surface area contributed by atoms with Crippen molar-refractivity contribution < 1.29 is 18.9 Å². The normalized spacial score (nSPS) is 11.5. The Hall–Kier alpha value is -7.70. The summed E-state index contributed by atoms with van der Waals surface area (Å²) in [5, 5.41) is 0. The molecule has 1 aromatic heterocycles. The van der Waals surface area contributed by atoms with Gasteiger partial charge in [0, 0.05) is 16.4 Å². The third kappa shape index (κ3) is 10.3. The first-order chi connectivity index (χ1) is 32.7. The maximum atomic E-state index is 6.58. The molecule has 0 aliphatic carbocycles. The summed E-state index contributed by atoms with van der Waals surface area (Å²) in [6.07, 6.45) is 3.73. The molecule has 0 amide bonds. The van der Waals surface area contributed by atoms with E-state index in [4.69, 9.17) is 28.9 Å². The first-order valence-corrected chi connectivity index (χ1v) is 23.1. The van der Waals surface area contributed by atoms with Gasteiger partial charge in [-0.15, -0.1) is 0 Å². The molecule has 0 N–H and O–H groups in total. The van der Waals surface area contributed by atoms with Crippen molar-refractivity contribution in [3.8, 4) is 46.1 Å². The highest BCUT2D eigenvalue weighted by Crippen LogP contribution is 2.40. The fourth-order valence-corrected chi connectivity index (χ4v) is 8.53. The summed E-state index contributed by atoms with van der Waals surface area (Å²) < 4.78 is 25.7. The Morgan fingerprint density at radius 1 is 0.426 bits per heavy atom. The van der Waals surface area contributed by atoms with E-state index >= 15 is 0 Å². The van der Waals surface area contributed by atoms with Crippen molar-refractivity contribution in [1.82, 2.24) is 9.97 Å². The molecule has 68 heavy (non-hydrogen) atoms. The van der Waals surface area contributed by atoms with Crippen LogP contribution in [0, 0.1) is 27.7 Å². The number of hydrogen-bond acceptors (Lipinski definition) is 6. The maximum absolute atomic E-state index is 6.58. The Balaban J connectivity index is 0.991. The zero-order valence-electron chi connectivity index (χ0n) is 40.5. The number of ether oxygens (including phenoxy) is 4. The highest BCUT2D eigenvalue weighted by Gasteiger charge is 2.27. The van der Waals surface area contributed by atoms with Crippen molar-refractivity contribution in [3.05, 3.63) is 238 Å². The molecular formula is C62H60N2O4. The second-order valence-corrected chi connectivity index (χ2v) is 18.5. The van der Waals surface area contributed by atoms with Crippen LogP contribution in [0.2, 0.25) is 0 Å². The average molecular weight is 897 g/mol. The lowest BCUT2D eigenvalue weighted by Crippen LogP contribution is -2.19. The minimum Gasteiger partial charge on any atom is -0.489 e. The van der Waals surface area contributed by atoms with E-state index in [9.17, 15) is 0 Å². The number of aryl methyl sites for hydroxylation is 4. The SMILES string of the molecule is C=Cc1ccccc1COc1ccc(C(C)(C)c2ccc(Oc3cc(Oc4ccc(C(C)(C)c5ccc(OCc6ccccc6C=C)c(C)c5)cc4C)nc(-c4ccccc4)n3)c(C)c2)cc1C. The predicted molar refractivity (Wildman–Crippen MR) is 278 cm³/mol. The molecule has 0 fully saturated rings. The van der Waals surface area contributed by atoms with Crippen LogP contribution in [0.15, 0.2) is 171 Å². The largest absolute Gasteiger partial charge is 0.489 e. The van der Waals surface area contributed by atoms with Gasteiger partial charge in [-0.05, 0) is 119 Å². The third-order valence-electron chi connectivity index (χ3n) is 13.0. The van der Waals surface area contributed by atoms with Gasteiger partial charge in [0.05, 0.1) is 6.07 Å². The van der Waals surface area contributed by atoms with Crippen molar-refractivity contribution in [2.75, 3.05) is 0 Å². The lowest BCUT2D eigenvalue weighted by molar-refractivity contribution is 0.303. The Morgan fingerprint density at radius 2 is 0.779 bits per heavy atom. The smallest absolute Gasteiger partial charge is 0.226 e. The molecule has 0 saturated heterocycles. The van der Waals surface area contributed by atoms with E-state index in [1.54, 1.807) is 6.07 Å². The van der Waals surface area contributed by atoms with E-state index in [0.29, 0.717) is 42.3 Å². The van der Waals surface area contributed by atoms with Gasteiger partial charge >= 0.3 is 0 Å². The van der Waals surface area contributed by atoms with E-state index in [1.165, 1.54) is 11.1 Å². The fraction of sp³-hybridized carbons (Fsp3) is 0.194. The van der Waals surface area contributed by atoms with Crippen LogP contribution in [0.3, 0.4) is 0 Å². The van der Waals surface area contributed by atoms with E-state index in [0.717, 1.165) is 72.7 Å². The topological polar surface area (TPSA) is 62.7 Å². The van der Waals surface area contributed by atoms with Crippen LogP contribution in [-0.4, -0.2) is 9.97 Å². The molecule has 7 aromatic carbocycles. The van der Waals surface area contributed by atoms with E-state index in [1.807, 2.05) is 78.9 Å². The highest BCUT2D eigenvalue weighted by atomic mass is 16.5. The lowest BCUT2D eigenvalue weighted by Gasteiger charge is -2.28. The zero-order chi connectivity index (χ0) is 48.0. The van der Waals surface area contributed by atoms with Gasteiger partial charge in [-0.25, -0.2) is 0 Å². The minimum absolute atomic E-state index is 0.293. The van der Waals surface area contributed by atoms with E-state index in [-0.39, 0.29) is 10.8 Å². The van der Waals surface area contributed by atoms with Crippen molar-refractivity contribution in [2.24, 2.45) is 0 Å². The molecule has 0 spiro atoms. The molecule has 0 aliphatic rings. The molecule has 342 valence electrons. The molecule has 0 radical (unpaired) electrons. The number of nitrogens with zero attached hydrogens (tertiary/aromatic N) is 2. The van der Waals surface area contributed by atoms with Gasteiger partial charge in [-0.1, -0.05) is 180 Å². The summed E-state index contributed by atoms with van der Waals surface area (Å²) in [6, 6.07) is 53.6. The number of hydrogen-bond donors (Lipinski definition) is 0. The monoisotopic (exact) mass is 896 g/mol. The van der Waals surface area contributed by atoms with Crippen molar-refractivity contribution in [2.45, 2.75) is 79.4 Å². The number of benzene rings is 7. The molecule has 1 heterocycles. The summed E-state index contributed by atoms with van der Waals surface area (Å²) in [4.78, 5) is 9.74. The molecule has 0 bridgehead atoms. The van der Waals surface area contributed by atoms with Crippen LogP contribution < -0.4 is 18.9 Å². The Morgan fingerprint density at radius 3 is 1.15 bits per heavy atom. The van der Waals surface area contributed by atoms with Gasteiger partial charge in [-0.2, -0.15) is 9.97 Å². The molecule has 6 heteroatoms. The molecule has 0 atom stereocenters. The molecular weight excluding hydrogens is 837 g/mol. The second-order valence-electron chi connectivity index (χ2n) is 18.5. The summed E-state index contributed by atoms with van der Waals surface area (Å²) in [6.45, 7) is 26.2. The van der Waals surface area contributed by atoms with Crippen molar-refractivity contribution >= 4 is 12.2 Å². The minimum atomic E-state index is -0.293. The molecule has 8 aromatic rings. The predicted octanol–water partition coefficient (Wildman–Crippen LogP) is 16.1. The van der Waals surface area contributed by atoms with Crippen LogP contribution in [0.25, 0.3) is 23.5 Å². The molecule has 8 rings (SSSR count). The quantitative estimate of drug-likeness (QED) is 0.0907. The Bertz CT molecular complexity index is 2930. The van der Waals surface area contributed by atoms with Crippen LogP contribution >= 0.6 is 0 Å². The Kier molecular flexibility index (Phi) is 13.8. The van der Waals surface area contributed by atoms with Crippen molar-refractivity contribution in [3.63, 3.8) is 0 Å². The zero-order valence-corrected chi connectivity index (χ0v) is 40.5. The van der Waals surface area contributed by atoms with Gasteiger partial charge in [-0.3, -0.25) is 0 Å². The van der Waals surface area contributed by atoms with Gasteiger partial charge in [0.2, 0.25) is 11.8 Å². The second kappa shape index (κ2) is 20.0. The van der Waals surface area contributed by atoms with Crippen LogP contribution in [0.5, 0.6) is 34.8 Å². The molecule has 6 nitrogen and oxygen atoms in total. The van der Waals surface area contributed by atoms with E-state index in [2.05, 4.69) is 153 Å². The van der Waals surface area contributed by atoms with Crippen LogP contribution in [-0.2, 0) is 24.0 Å². The molecule has 0 aliphatic heterocycles. The van der Waals surface area contributed by atoms with Gasteiger partial charge in [0.15, 0.2) is 5.82 Å². The summed E-state index contributed by atoms with van der Waals surface area (Å²) in [5.41, 5.74) is 13.5. The van der Waals surface area contributed by atoms with Gasteiger partial charge in [0.1, 0.15) is 36.2 Å². The highest BCUT2D eigenvalue weighted by molar-refractivity contribution is 5.58. The standard InChI is InChI=1S/C62H60N2O4/c1-11-45-20-16-18-24-48(45)39-65-54-30-26-50(34-41(54)3)61(7,8)52-28-32-56(43(5)36-52)67-58-38-59(64-60(63-58)47-22-14-13-15-23-47)68-57-33-29-53(37-44(57)6)62(9,10)51-27-31-55(42(4)35-51)66-40-49-25-19-17-21-46(49)12-2/h11-38H,1-2,39-40H2,3-10H3. The lowest BCUT2D eigenvalue weighted by atomic mass is 9.77. The number of aromatic nitrogens is 2. The number of rotatable bonds is 17. The van der Waals surface area contributed by atoms with Crippen molar-refractivity contribution in [1.29, 1.82) is 0 Å². The molecule has 0 unspecified atom stereocenters. The fourth-order valence-electron chi connectivity index (χ4n) is 8.53. The average Bonchev–Trinajstić information content (AvgIpc) is 3.34. The first-order valence-electron chi connectivity index (χ1n) is 23.1. The summed E-state index contributed by atoms with van der Waals surface area (Å²) >= 11 is 0. The Labute approximate surface area is 402 Å². The van der Waals surface area contributed by atoms with E-state index < -0.39 is 0 Å². The maximum Gasteiger partial charge on any atom is 0.226 e. The third-order valence-corrected chi connectivity index (χ3v) is 13.0. The van der Waals surface area contributed by atoms with Crippen LogP contribution in [0.4, 0.5) is 0 Å². The van der Waals surface area contributed by atoms with Crippen LogP contribution in [0.1, 0.15) is 94.5 Å². The van der Waals surface area contributed by atoms with Gasteiger partial charge < -0.3 is 18.9 Å². The first kappa shape index (κ1) is 46.8. The summed E-state index contributed by atoms with van der Waals surface area (Å²) in [5.74, 6) is 4.40. The van der Waals surface area contributed by atoms with Gasteiger partial charge in [0.25, 0.3) is 0 Å². The summed E-state index contributed by atoms with van der Waals surface area (Å²) in [7, 11) is 0. The molecule has 0 saturated carbocycles.